The molecule has 0 bridgehead atoms. The zero-order valence-corrected chi connectivity index (χ0v) is 14.4. The van der Waals surface area contributed by atoms with Gasteiger partial charge in [-0.05, 0) is 20.4 Å². The summed E-state index contributed by atoms with van der Waals surface area (Å²) < 4.78 is 0. The molecule has 1 amide bonds. The van der Waals surface area contributed by atoms with Gasteiger partial charge in [0, 0.05) is 58.9 Å². The number of carbonyl (C=O) groups excluding carboxylic acids is 1. The van der Waals surface area contributed by atoms with Crippen molar-refractivity contribution in [3.05, 3.63) is 0 Å². The number of hydrogen-bond acceptors (Lipinski definition) is 5. The lowest BCUT2D eigenvalue weighted by Crippen LogP contribution is -2.57. The number of carbonyl (C=O) groups is 1. The van der Waals surface area contributed by atoms with Crippen molar-refractivity contribution in [2.75, 3.05) is 65.4 Å². The Morgan fingerprint density at radius 3 is 2.00 bits per heavy atom. The van der Waals surface area contributed by atoms with Gasteiger partial charge in [-0.2, -0.15) is 0 Å². The molecule has 2 aliphatic rings. The lowest BCUT2D eigenvalue weighted by atomic mass is 10.1. The first-order valence-electron chi connectivity index (χ1n) is 8.67. The van der Waals surface area contributed by atoms with Crippen LogP contribution in [0.1, 0.15) is 20.8 Å². The molecule has 22 heavy (non-hydrogen) atoms. The summed E-state index contributed by atoms with van der Waals surface area (Å²) in [5.41, 5.74) is 0. The van der Waals surface area contributed by atoms with Crippen LogP contribution in [0, 0.1) is 0 Å². The number of aliphatic hydroxyl groups excluding tert-OH is 1. The number of nitrogens with zero attached hydrogens (tertiary/aromatic N) is 4. The van der Waals surface area contributed by atoms with Crippen molar-refractivity contribution < 1.29 is 9.90 Å². The van der Waals surface area contributed by atoms with Crippen LogP contribution < -0.4 is 0 Å². The summed E-state index contributed by atoms with van der Waals surface area (Å²) in [7, 11) is 0. The minimum Gasteiger partial charge on any atom is -0.392 e. The Labute approximate surface area is 134 Å². The lowest BCUT2D eigenvalue weighted by molar-refractivity contribution is -0.139. The number of amides is 1. The molecule has 0 aromatic carbocycles. The molecule has 6 heteroatoms. The SMILES string of the molecule is CCN1CCN(C(=O)[C@@H](C)N2CCN(C[C@@H](C)O)CC2)CC1. The minimum atomic E-state index is -0.277. The van der Waals surface area contributed by atoms with Gasteiger partial charge in [-0.25, -0.2) is 0 Å². The highest BCUT2D eigenvalue weighted by molar-refractivity contribution is 5.81. The van der Waals surface area contributed by atoms with E-state index in [9.17, 15) is 9.90 Å². The van der Waals surface area contributed by atoms with Crippen molar-refractivity contribution in [2.45, 2.75) is 32.9 Å². The highest BCUT2D eigenvalue weighted by Crippen LogP contribution is 2.11. The highest BCUT2D eigenvalue weighted by Gasteiger charge is 2.30. The summed E-state index contributed by atoms with van der Waals surface area (Å²) in [5, 5.41) is 9.46. The fraction of sp³-hybridized carbons (Fsp3) is 0.938. The molecule has 128 valence electrons. The smallest absolute Gasteiger partial charge is 0.239 e. The average Bonchev–Trinajstić information content (AvgIpc) is 2.54. The van der Waals surface area contributed by atoms with Crippen LogP contribution in [0.3, 0.4) is 0 Å². The molecule has 0 saturated carbocycles. The van der Waals surface area contributed by atoms with Crippen LogP contribution in [0.2, 0.25) is 0 Å². The maximum Gasteiger partial charge on any atom is 0.239 e. The quantitative estimate of drug-likeness (QED) is 0.744. The van der Waals surface area contributed by atoms with Gasteiger partial charge in [0.15, 0.2) is 0 Å². The third-order valence-electron chi connectivity index (χ3n) is 4.97. The molecule has 6 nitrogen and oxygen atoms in total. The van der Waals surface area contributed by atoms with E-state index < -0.39 is 0 Å². The molecule has 2 atom stereocenters. The predicted octanol–water partition coefficient (Wildman–Crippen LogP) is -0.463. The first-order chi connectivity index (χ1) is 10.5. The van der Waals surface area contributed by atoms with Crippen molar-refractivity contribution >= 4 is 5.91 Å². The van der Waals surface area contributed by atoms with Crippen molar-refractivity contribution in [3.63, 3.8) is 0 Å². The van der Waals surface area contributed by atoms with Gasteiger partial charge in [0.25, 0.3) is 0 Å². The fourth-order valence-electron chi connectivity index (χ4n) is 3.41. The van der Waals surface area contributed by atoms with Gasteiger partial charge in [0.05, 0.1) is 12.1 Å². The molecule has 0 spiro atoms. The van der Waals surface area contributed by atoms with Gasteiger partial charge < -0.3 is 14.9 Å². The van der Waals surface area contributed by atoms with Crippen molar-refractivity contribution in [1.82, 2.24) is 19.6 Å². The van der Waals surface area contributed by atoms with Crippen molar-refractivity contribution in [1.29, 1.82) is 0 Å². The Morgan fingerprint density at radius 1 is 0.955 bits per heavy atom. The summed E-state index contributed by atoms with van der Waals surface area (Å²) in [6.45, 7) is 15.3. The van der Waals surface area contributed by atoms with Gasteiger partial charge in [0.2, 0.25) is 5.91 Å². The van der Waals surface area contributed by atoms with E-state index in [2.05, 4.69) is 21.6 Å². The molecule has 0 radical (unpaired) electrons. The standard InChI is InChI=1S/C16H32N4O2/c1-4-17-5-11-20(12-6-17)16(22)15(3)19-9-7-18(8-10-19)13-14(2)21/h14-15,21H,4-13H2,1-3H3/t14-,15-/m1/s1. The average molecular weight is 312 g/mol. The molecule has 2 aliphatic heterocycles. The van der Waals surface area contributed by atoms with E-state index in [0.717, 1.165) is 65.4 Å². The van der Waals surface area contributed by atoms with Gasteiger partial charge in [-0.3, -0.25) is 14.6 Å². The van der Waals surface area contributed by atoms with Crippen LogP contribution in [0.4, 0.5) is 0 Å². The Morgan fingerprint density at radius 2 is 1.50 bits per heavy atom. The molecule has 0 unspecified atom stereocenters. The van der Waals surface area contributed by atoms with E-state index in [0.29, 0.717) is 0 Å². The van der Waals surface area contributed by atoms with Gasteiger partial charge in [-0.15, -0.1) is 0 Å². The van der Waals surface area contributed by atoms with E-state index in [-0.39, 0.29) is 18.1 Å². The minimum absolute atomic E-state index is 0.0260. The number of β-amino-alcohol motifs (C(OH)–C–C–N with tert-alkyl or cyclic N) is 1. The first-order valence-corrected chi connectivity index (χ1v) is 8.67. The maximum atomic E-state index is 12.7. The van der Waals surface area contributed by atoms with Gasteiger partial charge in [0.1, 0.15) is 0 Å². The molecule has 2 saturated heterocycles. The molecule has 2 rings (SSSR count). The second-order valence-corrected chi connectivity index (χ2v) is 6.62. The van der Waals surface area contributed by atoms with Gasteiger partial charge >= 0.3 is 0 Å². The number of hydrogen-bond donors (Lipinski definition) is 1. The van der Waals surface area contributed by atoms with Gasteiger partial charge in [-0.1, -0.05) is 6.92 Å². The second kappa shape index (κ2) is 8.24. The molecular formula is C16H32N4O2. The first kappa shape index (κ1) is 17.7. The fourth-order valence-corrected chi connectivity index (χ4v) is 3.41. The maximum absolute atomic E-state index is 12.7. The Hall–Kier alpha value is -0.690. The van der Waals surface area contributed by atoms with Crippen molar-refractivity contribution in [3.8, 4) is 0 Å². The summed E-state index contributed by atoms with van der Waals surface area (Å²) >= 11 is 0. The molecule has 2 heterocycles. The number of rotatable bonds is 5. The zero-order chi connectivity index (χ0) is 16.1. The van der Waals surface area contributed by atoms with Crippen LogP contribution >= 0.6 is 0 Å². The number of aliphatic hydroxyl groups is 1. The summed E-state index contributed by atoms with van der Waals surface area (Å²) in [4.78, 5) is 21.6. The van der Waals surface area contributed by atoms with Crippen LogP contribution in [0.25, 0.3) is 0 Å². The van der Waals surface area contributed by atoms with Crippen LogP contribution in [0.5, 0.6) is 0 Å². The monoisotopic (exact) mass is 312 g/mol. The second-order valence-electron chi connectivity index (χ2n) is 6.62. The Bertz CT molecular complexity index is 348. The summed E-state index contributed by atoms with van der Waals surface area (Å²) in [6.07, 6.45) is -0.277. The van der Waals surface area contributed by atoms with E-state index in [1.54, 1.807) is 0 Å². The van der Waals surface area contributed by atoms with Crippen LogP contribution in [0.15, 0.2) is 0 Å². The summed E-state index contributed by atoms with van der Waals surface area (Å²) in [6, 6.07) is -0.0260. The molecule has 2 fully saturated rings. The lowest BCUT2D eigenvalue weighted by Gasteiger charge is -2.41. The molecule has 0 aromatic rings. The largest absolute Gasteiger partial charge is 0.392 e. The van der Waals surface area contributed by atoms with Crippen molar-refractivity contribution in [2.24, 2.45) is 0 Å². The number of likely N-dealkylation sites (N-methyl/N-ethyl adjacent to an activating group) is 1. The zero-order valence-electron chi connectivity index (χ0n) is 14.4. The molecule has 0 aromatic heterocycles. The van der Waals surface area contributed by atoms with Crippen LogP contribution in [-0.4, -0.2) is 108 Å². The Kier molecular flexibility index (Phi) is 6.62. The predicted molar refractivity (Wildman–Crippen MR) is 87.8 cm³/mol. The topological polar surface area (TPSA) is 50.3 Å². The van der Waals surface area contributed by atoms with E-state index >= 15 is 0 Å². The molecular weight excluding hydrogens is 280 g/mol. The Balaban J connectivity index is 1.77. The van der Waals surface area contributed by atoms with Crippen LogP contribution in [-0.2, 0) is 4.79 Å². The highest BCUT2D eigenvalue weighted by atomic mass is 16.3. The summed E-state index contributed by atoms with van der Waals surface area (Å²) in [5.74, 6) is 0.278. The van der Waals surface area contributed by atoms with E-state index in [4.69, 9.17) is 0 Å². The van der Waals surface area contributed by atoms with E-state index in [1.807, 2.05) is 18.7 Å². The number of piperazine rings is 2. The third-order valence-corrected chi connectivity index (χ3v) is 4.97. The normalized spacial score (nSPS) is 25.2. The molecule has 0 aliphatic carbocycles. The molecule has 1 N–H and O–H groups in total. The third kappa shape index (κ3) is 4.65. The van der Waals surface area contributed by atoms with E-state index in [1.165, 1.54) is 0 Å².